The Kier molecular flexibility index (Phi) is 6.68. The lowest BCUT2D eigenvalue weighted by atomic mass is 10.1. The van der Waals surface area contributed by atoms with Crippen molar-refractivity contribution in [2.75, 3.05) is 20.3 Å². The van der Waals surface area contributed by atoms with Gasteiger partial charge in [0.1, 0.15) is 12.4 Å². The Morgan fingerprint density at radius 2 is 1.94 bits per heavy atom. The molecule has 0 aliphatic heterocycles. The van der Waals surface area contributed by atoms with E-state index in [2.05, 4.69) is 40.3 Å². The minimum absolute atomic E-state index is 0.246. The van der Waals surface area contributed by atoms with E-state index < -0.39 is 0 Å². The third-order valence-electron chi connectivity index (χ3n) is 2.68. The molecule has 3 nitrogen and oxygen atoms in total. The molecule has 0 aliphatic rings. The molecule has 1 atom stereocenters. The summed E-state index contributed by atoms with van der Waals surface area (Å²) < 4.78 is 12.1. The van der Waals surface area contributed by atoms with Gasteiger partial charge in [-0.3, -0.25) is 0 Å². The maximum Gasteiger partial charge on any atom is 0.133 e. The van der Waals surface area contributed by atoms with Gasteiger partial charge in [0.15, 0.2) is 0 Å². The number of hydrogen-bond donors (Lipinski definition) is 1. The number of benzene rings is 1. The zero-order valence-corrected chi connectivity index (χ0v) is 13.1. The number of rotatable bonds is 7. The summed E-state index contributed by atoms with van der Waals surface area (Å²) in [5, 5.41) is 3.21. The Bertz CT molecular complexity index is 369. The zero-order chi connectivity index (χ0) is 13.5. The zero-order valence-electron chi connectivity index (χ0n) is 11.5. The molecule has 1 aromatic carbocycles. The van der Waals surface area contributed by atoms with Gasteiger partial charge in [-0.2, -0.15) is 0 Å². The molecular weight excluding hydrogens is 294 g/mol. The van der Waals surface area contributed by atoms with Crippen LogP contribution in [0.15, 0.2) is 22.7 Å². The average molecular weight is 316 g/mol. The second kappa shape index (κ2) is 7.77. The van der Waals surface area contributed by atoms with Crippen molar-refractivity contribution >= 4 is 15.9 Å². The Labute approximate surface area is 118 Å². The third-order valence-corrected chi connectivity index (χ3v) is 3.30. The van der Waals surface area contributed by atoms with Crippen molar-refractivity contribution in [3.63, 3.8) is 0 Å². The van der Waals surface area contributed by atoms with Crippen LogP contribution in [0.3, 0.4) is 0 Å². The molecule has 0 spiro atoms. The summed E-state index contributed by atoms with van der Waals surface area (Å²) in [4.78, 5) is 0. The topological polar surface area (TPSA) is 30.5 Å². The lowest BCUT2D eigenvalue weighted by Gasteiger charge is -2.14. The molecule has 0 radical (unpaired) electrons. The molecule has 0 aromatic heterocycles. The van der Waals surface area contributed by atoms with Crippen LogP contribution in [-0.2, 0) is 4.74 Å². The number of halogens is 1. The molecule has 0 saturated heterocycles. The first-order valence-electron chi connectivity index (χ1n) is 6.25. The Hall–Kier alpha value is -0.580. The number of hydrogen-bond acceptors (Lipinski definition) is 3. The van der Waals surface area contributed by atoms with Crippen molar-refractivity contribution in [3.05, 3.63) is 28.2 Å². The van der Waals surface area contributed by atoms with Gasteiger partial charge < -0.3 is 14.8 Å². The summed E-state index contributed by atoms with van der Waals surface area (Å²) in [6.45, 7) is 7.34. The van der Waals surface area contributed by atoms with Crippen LogP contribution in [0.5, 0.6) is 5.75 Å². The summed E-state index contributed by atoms with van der Waals surface area (Å²) in [6.07, 6.45) is 0.246. The summed E-state index contributed by atoms with van der Waals surface area (Å²) >= 11 is 3.53. The van der Waals surface area contributed by atoms with Crippen molar-refractivity contribution < 1.29 is 9.47 Å². The van der Waals surface area contributed by atoms with E-state index in [-0.39, 0.29) is 6.10 Å². The van der Waals surface area contributed by atoms with Gasteiger partial charge in [0.2, 0.25) is 0 Å². The largest absolute Gasteiger partial charge is 0.490 e. The first-order chi connectivity index (χ1) is 8.54. The molecule has 1 rings (SSSR count). The Balaban J connectivity index is 2.52. The van der Waals surface area contributed by atoms with Crippen molar-refractivity contribution in [2.45, 2.75) is 32.9 Å². The first kappa shape index (κ1) is 15.5. The lowest BCUT2D eigenvalue weighted by Crippen LogP contribution is -2.13. The normalized spacial score (nSPS) is 12.8. The molecule has 0 amide bonds. The van der Waals surface area contributed by atoms with Crippen LogP contribution in [0.2, 0.25) is 0 Å². The van der Waals surface area contributed by atoms with Gasteiger partial charge in [-0.1, -0.05) is 6.07 Å². The number of ether oxygens (including phenoxy) is 2. The minimum Gasteiger partial charge on any atom is -0.490 e. The first-order valence-corrected chi connectivity index (χ1v) is 7.05. The predicted octanol–water partition coefficient (Wildman–Crippen LogP) is 3.53. The highest BCUT2D eigenvalue weighted by Crippen LogP contribution is 2.28. The van der Waals surface area contributed by atoms with Gasteiger partial charge >= 0.3 is 0 Å². The number of nitrogens with one attached hydrogen (secondary N) is 1. The Morgan fingerprint density at radius 1 is 1.22 bits per heavy atom. The van der Waals surface area contributed by atoms with Crippen molar-refractivity contribution in [1.29, 1.82) is 0 Å². The second-order valence-corrected chi connectivity index (χ2v) is 5.32. The van der Waals surface area contributed by atoms with E-state index >= 15 is 0 Å². The van der Waals surface area contributed by atoms with E-state index in [1.807, 2.05) is 27.0 Å². The molecule has 0 saturated carbocycles. The van der Waals surface area contributed by atoms with E-state index in [1.165, 1.54) is 5.56 Å². The van der Waals surface area contributed by atoms with Crippen LogP contribution in [0.25, 0.3) is 0 Å². The van der Waals surface area contributed by atoms with Crippen LogP contribution in [0, 0.1) is 0 Å². The van der Waals surface area contributed by atoms with Gasteiger partial charge in [-0.15, -0.1) is 0 Å². The maximum absolute atomic E-state index is 5.66. The van der Waals surface area contributed by atoms with E-state index in [0.717, 1.165) is 10.2 Å². The predicted molar refractivity (Wildman–Crippen MR) is 78.2 cm³/mol. The van der Waals surface area contributed by atoms with E-state index in [9.17, 15) is 0 Å². The monoisotopic (exact) mass is 315 g/mol. The summed E-state index contributed by atoms with van der Waals surface area (Å²) in [5.41, 5.74) is 1.23. The van der Waals surface area contributed by atoms with E-state index in [1.54, 1.807) is 0 Å². The van der Waals surface area contributed by atoms with Crippen molar-refractivity contribution in [3.8, 4) is 5.75 Å². The lowest BCUT2D eigenvalue weighted by molar-refractivity contribution is 0.0551. The highest BCUT2D eigenvalue weighted by molar-refractivity contribution is 9.10. The standard InChI is InChI=1S/C14H22BrNO2/c1-10(2)17-7-8-18-14-6-5-12(9-13(14)15)11(3)16-4/h5-6,9-11,16H,7-8H2,1-4H3. The molecule has 0 fully saturated rings. The fraction of sp³-hybridized carbons (Fsp3) is 0.571. The highest BCUT2D eigenvalue weighted by Gasteiger charge is 2.07. The third kappa shape index (κ3) is 4.96. The fourth-order valence-corrected chi connectivity index (χ4v) is 2.02. The van der Waals surface area contributed by atoms with Crippen molar-refractivity contribution in [2.24, 2.45) is 0 Å². The highest BCUT2D eigenvalue weighted by atomic mass is 79.9. The molecule has 1 N–H and O–H groups in total. The van der Waals surface area contributed by atoms with E-state index in [4.69, 9.17) is 9.47 Å². The molecule has 18 heavy (non-hydrogen) atoms. The molecule has 102 valence electrons. The van der Waals surface area contributed by atoms with Gasteiger partial charge in [0, 0.05) is 6.04 Å². The molecule has 0 bridgehead atoms. The molecule has 0 aliphatic carbocycles. The second-order valence-electron chi connectivity index (χ2n) is 4.47. The summed E-state index contributed by atoms with van der Waals surface area (Å²) in [5.74, 6) is 0.856. The summed E-state index contributed by atoms with van der Waals surface area (Å²) in [6, 6.07) is 6.48. The molecular formula is C14H22BrNO2. The van der Waals surface area contributed by atoms with Gasteiger partial charge in [0.25, 0.3) is 0 Å². The minimum atomic E-state index is 0.246. The van der Waals surface area contributed by atoms with Crippen LogP contribution in [0.1, 0.15) is 32.4 Å². The summed E-state index contributed by atoms with van der Waals surface area (Å²) in [7, 11) is 1.95. The molecule has 0 heterocycles. The molecule has 1 aromatic rings. The quantitative estimate of drug-likeness (QED) is 0.781. The van der Waals surface area contributed by atoms with Crippen LogP contribution >= 0.6 is 15.9 Å². The molecule has 4 heteroatoms. The van der Waals surface area contributed by atoms with Crippen LogP contribution < -0.4 is 10.1 Å². The van der Waals surface area contributed by atoms with E-state index in [0.29, 0.717) is 19.3 Å². The van der Waals surface area contributed by atoms with Gasteiger partial charge in [-0.25, -0.2) is 0 Å². The van der Waals surface area contributed by atoms with Crippen LogP contribution in [0.4, 0.5) is 0 Å². The SMILES string of the molecule is CNC(C)c1ccc(OCCOC(C)C)c(Br)c1. The molecule has 1 unspecified atom stereocenters. The maximum atomic E-state index is 5.66. The van der Waals surface area contributed by atoms with Crippen LogP contribution in [-0.4, -0.2) is 26.4 Å². The van der Waals surface area contributed by atoms with Gasteiger partial charge in [0.05, 0.1) is 17.2 Å². The van der Waals surface area contributed by atoms with Crippen molar-refractivity contribution in [1.82, 2.24) is 5.32 Å². The smallest absolute Gasteiger partial charge is 0.133 e. The average Bonchev–Trinajstić information content (AvgIpc) is 2.34. The Morgan fingerprint density at radius 3 is 2.50 bits per heavy atom. The fourth-order valence-electron chi connectivity index (χ4n) is 1.51. The van der Waals surface area contributed by atoms with Gasteiger partial charge in [-0.05, 0) is 61.4 Å².